The van der Waals surface area contributed by atoms with E-state index in [-0.39, 0.29) is 6.10 Å². The van der Waals surface area contributed by atoms with Crippen LogP contribution in [0.15, 0.2) is 0 Å². The van der Waals surface area contributed by atoms with Crippen LogP contribution in [-0.2, 0) is 0 Å². The van der Waals surface area contributed by atoms with Crippen molar-refractivity contribution in [2.75, 3.05) is 6.54 Å². The smallest absolute Gasteiger partial charge is 0.0693 e. The van der Waals surface area contributed by atoms with Crippen molar-refractivity contribution in [2.24, 2.45) is 11.8 Å². The van der Waals surface area contributed by atoms with E-state index in [1.54, 1.807) is 0 Å². The maximum absolute atomic E-state index is 9.71. The van der Waals surface area contributed by atoms with Crippen LogP contribution < -0.4 is 5.32 Å². The van der Waals surface area contributed by atoms with Crippen LogP contribution >= 0.6 is 0 Å². The second-order valence-corrected chi connectivity index (χ2v) is 4.84. The molecule has 2 unspecified atom stereocenters. The zero-order valence-corrected chi connectivity index (χ0v) is 8.50. The van der Waals surface area contributed by atoms with Gasteiger partial charge in [0.05, 0.1) is 6.10 Å². The SMILES string of the molecule is CC1CC1CN[C@H]1CCCC[C@H]1O. The third-order valence-corrected chi connectivity index (χ3v) is 3.65. The molecule has 0 aromatic rings. The number of rotatable bonds is 3. The number of aliphatic hydroxyl groups is 1. The maximum atomic E-state index is 9.71. The third-order valence-electron chi connectivity index (χ3n) is 3.65. The van der Waals surface area contributed by atoms with Crippen molar-refractivity contribution < 1.29 is 5.11 Å². The highest BCUT2D eigenvalue weighted by Crippen LogP contribution is 2.37. The molecule has 4 atom stereocenters. The van der Waals surface area contributed by atoms with Gasteiger partial charge in [-0.05, 0) is 37.6 Å². The molecule has 0 spiro atoms. The molecule has 2 aliphatic rings. The molecule has 2 fully saturated rings. The fourth-order valence-electron chi connectivity index (χ4n) is 2.34. The summed E-state index contributed by atoms with van der Waals surface area (Å²) in [5, 5.41) is 13.2. The van der Waals surface area contributed by atoms with Crippen LogP contribution in [0.5, 0.6) is 0 Å². The lowest BCUT2D eigenvalue weighted by Crippen LogP contribution is -2.42. The summed E-state index contributed by atoms with van der Waals surface area (Å²) >= 11 is 0. The van der Waals surface area contributed by atoms with Crippen molar-refractivity contribution >= 4 is 0 Å². The van der Waals surface area contributed by atoms with Gasteiger partial charge in [-0.2, -0.15) is 0 Å². The van der Waals surface area contributed by atoms with Crippen molar-refractivity contribution in [2.45, 2.75) is 51.2 Å². The first-order chi connectivity index (χ1) is 6.27. The lowest BCUT2D eigenvalue weighted by molar-refractivity contribution is 0.0904. The van der Waals surface area contributed by atoms with E-state index in [1.807, 2.05) is 0 Å². The van der Waals surface area contributed by atoms with Crippen LogP contribution in [0.1, 0.15) is 39.0 Å². The van der Waals surface area contributed by atoms with Gasteiger partial charge in [0, 0.05) is 6.04 Å². The van der Waals surface area contributed by atoms with Gasteiger partial charge in [-0.25, -0.2) is 0 Å². The Morgan fingerprint density at radius 1 is 1.31 bits per heavy atom. The largest absolute Gasteiger partial charge is 0.392 e. The van der Waals surface area contributed by atoms with E-state index in [4.69, 9.17) is 0 Å². The minimum atomic E-state index is -0.0807. The Balaban J connectivity index is 1.67. The van der Waals surface area contributed by atoms with Crippen molar-refractivity contribution in [3.8, 4) is 0 Å². The van der Waals surface area contributed by atoms with E-state index in [0.29, 0.717) is 6.04 Å². The Labute approximate surface area is 80.7 Å². The van der Waals surface area contributed by atoms with E-state index >= 15 is 0 Å². The molecule has 0 aromatic heterocycles. The molecule has 2 aliphatic carbocycles. The first-order valence-electron chi connectivity index (χ1n) is 5.69. The molecule has 13 heavy (non-hydrogen) atoms. The first-order valence-corrected chi connectivity index (χ1v) is 5.69. The predicted octanol–water partition coefficient (Wildman–Crippen LogP) is 1.54. The van der Waals surface area contributed by atoms with Crippen LogP contribution in [0.2, 0.25) is 0 Å². The number of aliphatic hydroxyl groups excluding tert-OH is 1. The van der Waals surface area contributed by atoms with Crippen molar-refractivity contribution in [3.63, 3.8) is 0 Å². The summed E-state index contributed by atoms with van der Waals surface area (Å²) < 4.78 is 0. The Hall–Kier alpha value is -0.0800. The molecule has 2 saturated carbocycles. The van der Waals surface area contributed by atoms with Gasteiger partial charge in [0.15, 0.2) is 0 Å². The Morgan fingerprint density at radius 2 is 2.00 bits per heavy atom. The minimum Gasteiger partial charge on any atom is -0.392 e. The van der Waals surface area contributed by atoms with Crippen LogP contribution in [0, 0.1) is 11.8 Å². The average Bonchev–Trinajstić information content (AvgIpc) is 2.81. The summed E-state index contributed by atoms with van der Waals surface area (Å²) in [5.74, 6) is 1.82. The molecule has 0 saturated heterocycles. The summed E-state index contributed by atoms with van der Waals surface area (Å²) in [6, 6.07) is 0.390. The topological polar surface area (TPSA) is 32.3 Å². The molecular weight excluding hydrogens is 162 g/mol. The summed E-state index contributed by atoms with van der Waals surface area (Å²) in [6.07, 6.45) is 5.96. The summed E-state index contributed by atoms with van der Waals surface area (Å²) in [6.45, 7) is 3.44. The van der Waals surface area contributed by atoms with Crippen molar-refractivity contribution in [1.29, 1.82) is 0 Å². The van der Waals surface area contributed by atoms with Crippen LogP contribution in [0.3, 0.4) is 0 Å². The number of hydrogen-bond donors (Lipinski definition) is 2. The van der Waals surface area contributed by atoms with Gasteiger partial charge in [0.25, 0.3) is 0 Å². The number of nitrogens with one attached hydrogen (secondary N) is 1. The van der Waals surface area contributed by atoms with Gasteiger partial charge >= 0.3 is 0 Å². The Bertz CT molecular complexity index is 171. The molecule has 2 heteroatoms. The molecule has 76 valence electrons. The van der Waals surface area contributed by atoms with Gasteiger partial charge in [-0.15, -0.1) is 0 Å². The molecular formula is C11H21NO. The van der Waals surface area contributed by atoms with E-state index in [9.17, 15) is 5.11 Å². The van der Waals surface area contributed by atoms with Crippen LogP contribution in [-0.4, -0.2) is 23.8 Å². The normalized spacial score (nSPS) is 44.8. The predicted molar refractivity (Wildman–Crippen MR) is 53.5 cm³/mol. The van der Waals surface area contributed by atoms with Crippen molar-refractivity contribution in [3.05, 3.63) is 0 Å². The fraction of sp³-hybridized carbons (Fsp3) is 1.00. The minimum absolute atomic E-state index is 0.0807. The molecule has 2 nitrogen and oxygen atoms in total. The quantitative estimate of drug-likeness (QED) is 0.695. The van der Waals surface area contributed by atoms with Gasteiger partial charge in [0.1, 0.15) is 0 Å². The summed E-state index contributed by atoms with van der Waals surface area (Å²) in [4.78, 5) is 0. The standard InChI is InChI=1S/C11H21NO/c1-8-6-9(8)7-12-10-4-2-3-5-11(10)13/h8-13H,2-7H2,1H3/t8?,9?,10-,11+/m0/s1. The van der Waals surface area contributed by atoms with Crippen LogP contribution in [0.4, 0.5) is 0 Å². The summed E-state index contributed by atoms with van der Waals surface area (Å²) in [5.41, 5.74) is 0. The molecule has 2 rings (SSSR count). The van der Waals surface area contributed by atoms with Gasteiger partial charge in [-0.1, -0.05) is 19.8 Å². The van der Waals surface area contributed by atoms with E-state index in [1.165, 1.54) is 25.7 Å². The Morgan fingerprint density at radius 3 is 2.62 bits per heavy atom. The maximum Gasteiger partial charge on any atom is 0.0693 e. The Kier molecular flexibility index (Phi) is 2.89. The average molecular weight is 183 g/mol. The summed E-state index contributed by atoms with van der Waals surface area (Å²) in [7, 11) is 0. The second-order valence-electron chi connectivity index (χ2n) is 4.84. The zero-order chi connectivity index (χ0) is 9.26. The van der Waals surface area contributed by atoms with E-state index < -0.39 is 0 Å². The second kappa shape index (κ2) is 3.97. The monoisotopic (exact) mass is 183 g/mol. The lowest BCUT2D eigenvalue weighted by atomic mass is 9.92. The number of hydrogen-bond acceptors (Lipinski definition) is 2. The van der Waals surface area contributed by atoms with Crippen molar-refractivity contribution in [1.82, 2.24) is 5.32 Å². The molecule has 0 amide bonds. The molecule has 2 N–H and O–H groups in total. The molecule has 0 heterocycles. The first kappa shape index (κ1) is 9.47. The molecule has 0 aliphatic heterocycles. The molecule has 0 bridgehead atoms. The highest BCUT2D eigenvalue weighted by atomic mass is 16.3. The van der Waals surface area contributed by atoms with Gasteiger partial charge in [0.2, 0.25) is 0 Å². The van der Waals surface area contributed by atoms with E-state index in [0.717, 1.165) is 24.8 Å². The molecule has 0 radical (unpaired) electrons. The highest BCUT2D eigenvalue weighted by Gasteiger charge is 2.33. The van der Waals surface area contributed by atoms with E-state index in [2.05, 4.69) is 12.2 Å². The lowest BCUT2D eigenvalue weighted by Gasteiger charge is -2.28. The van der Waals surface area contributed by atoms with Crippen LogP contribution in [0.25, 0.3) is 0 Å². The fourth-order valence-corrected chi connectivity index (χ4v) is 2.34. The third kappa shape index (κ3) is 2.44. The highest BCUT2D eigenvalue weighted by molar-refractivity contribution is 4.87. The zero-order valence-electron chi connectivity index (χ0n) is 8.50. The molecule has 0 aromatic carbocycles. The van der Waals surface area contributed by atoms with Gasteiger partial charge in [-0.3, -0.25) is 0 Å². The van der Waals surface area contributed by atoms with Gasteiger partial charge < -0.3 is 10.4 Å².